The van der Waals surface area contributed by atoms with Gasteiger partial charge in [0.1, 0.15) is 11.6 Å². The van der Waals surface area contributed by atoms with Gasteiger partial charge in [0.25, 0.3) is 0 Å². The average molecular weight is 538 g/mol. The standard InChI is InChI=1S/C30H37F2N5O2/c1-18(38)36-26(12-19-10-23(31)14-24(32)11-19)27(39)17-35-30(22-7-5-6-21(13-22)29(2,3)4)9-8-25-20(15-30)16-34-28(33)37-25/h5-7,10-11,13-14,16,26-27,35,39H,8-9,12,15,17H2,1-4H3,(H,36,38)(H2,33,34,37). The first kappa shape index (κ1) is 28.6. The third-order valence-corrected chi connectivity index (χ3v) is 7.42. The van der Waals surface area contributed by atoms with Crippen molar-refractivity contribution in [2.75, 3.05) is 12.3 Å². The Morgan fingerprint density at radius 3 is 2.56 bits per heavy atom. The van der Waals surface area contributed by atoms with Crippen LogP contribution in [0.5, 0.6) is 0 Å². The lowest BCUT2D eigenvalue weighted by atomic mass is 9.73. The SMILES string of the molecule is CC(=O)NC(Cc1cc(F)cc(F)c1)C(O)CNC1(c2cccc(C(C)(C)C)c2)CCc2nc(N)ncc2C1. The molecule has 0 fully saturated rings. The number of aryl methyl sites for hydroxylation is 1. The second-order valence-corrected chi connectivity index (χ2v) is 11.5. The van der Waals surface area contributed by atoms with E-state index in [-0.39, 0.29) is 30.2 Å². The number of aliphatic hydroxyl groups excluding tert-OH is 1. The van der Waals surface area contributed by atoms with Crippen LogP contribution in [0.2, 0.25) is 0 Å². The van der Waals surface area contributed by atoms with E-state index in [1.54, 1.807) is 6.20 Å². The monoisotopic (exact) mass is 537 g/mol. The first-order valence-electron chi connectivity index (χ1n) is 13.2. The van der Waals surface area contributed by atoms with Gasteiger partial charge in [-0.15, -0.1) is 0 Å². The van der Waals surface area contributed by atoms with Gasteiger partial charge in [-0.2, -0.15) is 0 Å². The molecule has 208 valence electrons. The van der Waals surface area contributed by atoms with Crippen molar-refractivity contribution < 1.29 is 18.7 Å². The van der Waals surface area contributed by atoms with E-state index < -0.39 is 29.3 Å². The Hall–Kier alpha value is -3.43. The van der Waals surface area contributed by atoms with Crippen LogP contribution in [0, 0.1) is 11.6 Å². The number of amides is 1. The number of carbonyl (C=O) groups is 1. The fourth-order valence-electron chi connectivity index (χ4n) is 5.32. The number of anilines is 1. The predicted molar refractivity (Wildman–Crippen MR) is 147 cm³/mol. The van der Waals surface area contributed by atoms with Crippen molar-refractivity contribution in [1.29, 1.82) is 0 Å². The molecule has 0 saturated heterocycles. The molecule has 1 heterocycles. The molecule has 3 atom stereocenters. The highest BCUT2D eigenvalue weighted by Crippen LogP contribution is 2.38. The van der Waals surface area contributed by atoms with Gasteiger partial charge in [-0.3, -0.25) is 4.79 Å². The van der Waals surface area contributed by atoms with Gasteiger partial charge in [0, 0.05) is 37.0 Å². The maximum Gasteiger partial charge on any atom is 0.220 e. The number of nitrogens with zero attached hydrogens (tertiary/aromatic N) is 2. The predicted octanol–water partition coefficient (Wildman–Crippen LogP) is 3.72. The minimum Gasteiger partial charge on any atom is -0.390 e. The van der Waals surface area contributed by atoms with E-state index in [1.165, 1.54) is 24.6 Å². The number of nitrogens with two attached hydrogens (primary N) is 1. The van der Waals surface area contributed by atoms with Crippen LogP contribution in [0.4, 0.5) is 14.7 Å². The number of nitrogens with one attached hydrogen (secondary N) is 2. The number of hydrogen-bond acceptors (Lipinski definition) is 6. The molecule has 39 heavy (non-hydrogen) atoms. The molecule has 9 heteroatoms. The number of halogens is 2. The van der Waals surface area contributed by atoms with E-state index in [0.29, 0.717) is 24.8 Å². The molecule has 4 rings (SSSR count). The lowest BCUT2D eigenvalue weighted by molar-refractivity contribution is -0.120. The van der Waals surface area contributed by atoms with E-state index in [9.17, 15) is 18.7 Å². The largest absolute Gasteiger partial charge is 0.390 e. The van der Waals surface area contributed by atoms with Crippen molar-refractivity contribution in [3.8, 4) is 0 Å². The maximum absolute atomic E-state index is 13.8. The van der Waals surface area contributed by atoms with Crippen LogP contribution in [-0.4, -0.2) is 39.7 Å². The first-order chi connectivity index (χ1) is 18.3. The molecule has 0 bridgehead atoms. The molecule has 0 aliphatic heterocycles. The highest BCUT2D eigenvalue weighted by atomic mass is 19.1. The molecule has 1 amide bonds. The maximum atomic E-state index is 13.8. The summed E-state index contributed by atoms with van der Waals surface area (Å²) >= 11 is 0. The number of hydrogen-bond donors (Lipinski definition) is 4. The third kappa shape index (κ3) is 6.96. The van der Waals surface area contributed by atoms with Crippen molar-refractivity contribution in [3.05, 3.63) is 88.2 Å². The Morgan fingerprint density at radius 1 is 1.18 bits per heavy atom. The topological polar surface area (TPSA) is 113 Å². The smallest absolute Gasteiger partial charge is 0.220 e. The Labute approximate surface area is 228 Å². The summed E-state index contributed by atoms with van der Waals surface area (Å²) in [6.07, 6.45) is 2.75. The van der Waals surface area contributed by atoms with Gasteiger partial charge in [0.15, 0.2) is 0 Å². The molecule has 0 radical (unpaired) electrons. The second kappa shape index (κ2) is 11.4. The number of rotatable bonds is 8. The Morgan fingerprint density at radius 2 is 1.90 bits per heavy atom. The van der Waals surface area contributed by atoms with E-state index in [0.717, 1.165) is 22.9 Å². The summed E-state index contributed by atoms with van der Waals surface area (Å²) in [5.41, 5.74) is 9.73. The molecule has 0 spiro atoms. The average Bonchev–Trinajstić information content (AvgIpc) is 2.85. The minimum absolute atomic E-state index is 0.0580. The van der Waals surface area contributed by atoms with E-state index in [2.05, 4.69) is 59.6 Å². The zero-order valence-electron chi connectivity index (χ0n) is 22.9. The van der Waals surface area contributed by atoms with Gasteiger partial charge in [-0.25, -0.2) is 18.7 Å². The molecular weight excluding hydrogens is 500 g/mol. The fraction of sp³-hybridized carbons (Fsp3) is 0.433. The molecule has 3 unspecified atom stereocenters. The van der Waals surface area contributed by atoms with Gasteiger partial charge in [-0.1, -0.05) is 45.0 Å². The summed E-state index contributed by atoms with van der Waals surface area (Å²) in [5, 5.41) is 17.6. The van der Waals surface area contributed by atoms with Gasteiger partial charge in [-0.05, 0) is 65.5 Å². The van der Waals surface area contributed by atoms with Crippen LogP contribution in [0.1, 0.15) is 62.1 Å². The zero-order valence-corrected chi connectivity index (χ0v) is 22.9. The Bertz CT molecular complexity index is 1320. The number of aromatic nitrogens is 2. The number of nitrogen functional groups attached to an aromatic ring is 1. The first-order valence-corrected chi connectivity index (χ1v) is 13.2. The van der Waals surface area contributed by atoms with Crippen LogP contribution < -0.4 is 16.4 Å². The van der Waals surface area contributed by atoms with E-state index in [4.69, 9.17) is 5.73 Å². The molecule has 0 saturated carbocycles. The van der Waals surface area contributed by atoms with Crippen LogP contribution in [0.3, 0.4) is 0 Å². The number of carbonyl (C=O) groups excluding carboxylic acids is 1. The van der Waals surface area contributed by atoms with Crippen molar-refractivity contribution in [1.82, 2.24) is 20.6 Å². The summed E-state index contributed by atoms with van der Waals surface area (Å²) in [5.74, 6) is -1.52. The lowest BCUT2D eigenvalue weighted by Crippen LogP contribution is -2.54. The summed E-state index contributed by atoms with van der Waals surface area (Å²) in [4.78, 5) is 20.6. The molecule has 1 aromatic heterocycles. The molecule has 5 N–H and O–H groups in total. The van der Waals surface area contributed by atoms with Crippen LogP contribution in [0.15, 0.2) is 48.7 Å². The zero-order chi connectivity index (χ0) is 28.4. The summed E-state index contributed by atoms with van der Waals surface area (Å²) in [7, 11) is 0. The Kier molecular flexibility index (Phi) is 8.32. The van der Waals surface area contributed by atoms with Gasteiger partial charge in [0.2, 0.25) is 11.9 Å². The van der Waals surface area contributed by atoms with Gasteiger partial charge < -0.3 is 21.5 Å². The number of aliphatic hydroxyl groups is 1. The van der Waals surface area contributed by atoms with Crippen molar-refractivity contribution >= 4 is 11.9 Å². The van der Waals surface area contributed by atoms with Gasteiger partial charge >= 0.3 is 0 Å². The number of benzene rings is 2. The summed E-state index contributed by atoms with van der Waals surface area (Å²) in [6, 6.07) is 10.9. The minimum atomic E-state index is -1.04. The third-order valence-electron chi connectivity index (χ3n) is 7.42. The van der Waals surface area contributed by atoms with E-state index >= 15 is 0 Å². The molecule has 1 aliphatic carbocycles. The summed E-state index contributed by atoms with van der Waals surface area (Å²) in [6.45, 7) is 7.97. The van der Waals surface area contributed by atoms with Crippen LogP contribution in [-0.2, 0) is 35.0 Å². The summed E-state index contributed by atoms with van der Waals surface area (Å²) < 4.78 is 27.6. The van der Waals surface area contributed by atoms with Crippen LogP contribution in [0.25, 0.3) is 0 Å². The van der Waals surface area contributed by atoms with Gasteiger partial charge in [0.05, 0.1) is 12.1 Å². The van der Waals surface area contributed by atoms with Crippen molar-refractivity contribution in [2.45, 2.75) is 76.5 Å². The van der Waals surface area contributed by atoms with Crippen molar-refractivity contribution in [2.24, 2.45) is 0 Å². The quantitative estimate of drug-likeness (QED) is 0.349. The van der Waals surface area contributed by atoms with Crippen LogP contribution >= 0.6 is 0 Å². The molecule has 2 aromatic carbocycles. The molecule has 3 aromatic rings. The van der Waals surface area contributed by atoms with Crippen molar-refractivity contribution in [3.63, 3.8) is 0 Å². The Balaban J connectivity index is 1.63. The number of fused-ring (bicyclic) bond motifs is 1. The molecule has 1 aliphatic rings. The highest BCUT2D eigenvalue weighted by molar-refractivity contribution is 5.73. The van der Waals surface area contributed by atoms with E-state index in [1.807, 2.05) is 6.07 Å². The second-order valence-electron chi connectivity index (χ2n) is 11.5. The molecule has 7 nitrogen and oxygen atoms in total. The fourth-order valence-corrected chi connectivity index (χ4v) is 5.32. The highest BCUT2D eigenvalue weighted by Gasteiger charge is 2.38. The lowest BCUT2D eigenvalue weighted by Gasteiger charge is -2.41. The normalized spacial score (nSPS) is 18.7. The molecular formula is C30H37F2N5O2.